The van der Waals surface area contributed by atoms with Crippen molar-refractivity contribution in [1.82, 2.24) is 25.0 Å². The molecule has 0 bridgehead atoms. The third kappa shape index (κ3) is 3.39. The zero-order chi connectivity index (χ0) is 19.5. The van der Waals surface area contributed by atoms with Crippen LogP contribution < -0.4 is 0 Å². The predicted octanol–water partition coefficient (Wildman–Crippen LogP) is 3.54. The third-order valence-electron chi connectivity index (χ3n) is 4.19. The van der Waals surface area contributed by atoms with E-state index in [4.69, 9.17) is 9.15 Å². The van der Waals surface area contributed by atoms with E-state index < -0.39 is 12.1 Å². The first kappa shape index (κ1) is 17.6. The van der Waals surface area contributed by atoms with Crippen molar-refractivity contribution in [3.05, 3.63) is 78.1 Å². The van der Waals surface area contributed by atoms with Gasteiger partial charge in [0.15, 0.2) is 11.9 Å². The number of benzene rings is 1. The molecule has 1 aromatic carbocycles. The Morgan fingerprint density at radius 2 is 1.89 bits per heavy atom. The summed E-state index contributed by atoms with van der Waals surface area (Å²) in [6, 6.07) is 14.9. The predicted molar refractivity (Wildman–Crippen MR) is 99.7 cm³/mol. The summed E-state index contributed by atoms with van der Waals surface area (Å²) in [5.74, 6) is 0.697. The van der Waals surface area contributed by atoms with Crippen LogP contribution in [0.1, 0.15) is 35.0 Å². The summed E-state index contributed by atoms with van der Waals surface area (Å²) in [7, 11) is 0. The Labute approximate surface area is 160 Å². The number of pyridine rings is 1. The van der Waals surface area contributed by atoms with Gasteiger partial charge in [0, 0.05) is 11.8 Å². The Morgan fingerprint density at radius 3 is 2.64 bits per heavy atom. The zero-order valence-corrected chi connectivity index (χ0v) is 15.3. The van der Waals surface area contributed by atoms with Crippen molar-refractivity contribution >= 4 is 5.97 Å². The molecule has 1 atom stereocenters. The number of carbonyl (C=O) groups excluding carboxylic acids is 1. The molecule has 0 amide bonds. The summed E-state index contributed by atoms with van der Waals surface area (Å²) in [5.41, 5.74) is 1.78. The molecule has 4 aromatic rings. The van der Waals surface area contributed by atoms with Gasteiger partial charge in [-0.05, 0) is 38.1 Å². The van der Waals surface area contributed by atoms with E-state index in [1.54, 1.807) is 30.8 Å². The maximum Gasteiger partial charge on any atom is 0.342 e. The van der Waals surface area contributed by atoms with Crippen LogP contribution in [-0.2, 0) is 4.74 Å². The summed E-state index contributed by atoms with van der Waals surface area (Å²) in [4.78, 5) is 16.8. The summed E-state index contributed by atoms with van der Waals surface area (Å²) >= 11 is 0. The molecule has 0 radical (unpaired) electrons. The van der Waals surface area contributed by atoms with Crippen molar-refractivity contribution in [3.8, 4) is 17.3 Å². The number of nitrogens with zero attached hydrogens (tertiary/aromatic N) is 5. The first-order chi connectivity index (χ1) is 13.6. The fourth-order valence-electron chi connectivity index (χ4n) is 2.69. The van der Waals surface area contributed by atoms with Gasteiger partial charge in [-0.15, -0.1) is 10.2 Å². The van der Waals surface area contributed by atoms with Crippen LogP contribution in [0.4, 0.5) is 0 Å². The van der Waals surface area contributed by atoms with E-state index in [-0.39, 0.29) is 5.89 Å². The Balaban J connectivity index is 1.50. The minimum absolute atomic E-state index is 0.224. The lowest BCUT2D eigenvalue weighted by atomic mass is 10.2. The van der Waals surface area contributed by atoms with Gasteiger partial charge in [-0.3, -0.25) is 0 Å². The summed E-state index contributed by atoms with van der Waals surface area (Å²) in [6.45, 7) is 3.46. The fraction of sp³-hybridized carbons (Fsp3) is 0.150. The highest BCUT2D eigenvalue weighted by Crippen LogP contribution is 2.23. The summed E-state index contributed by atoms with van der Waals surface area (Å²) < 4.78 is 12.7. The molecule has 3 aromatic heterocycles. The Bertz CT molecular complexity index is 1090. The van der Waals surface area contributed by atoms with Gasteiger partial charge in [-0.25, -0.2) is 14.5 Å². The van der Waals surface area contributed by atoms with Crippen LogP contribution in [0.25, 0.3) is 17.3 Å². The number of hydrogen-bond acceptors (Lipinski definition) is 7. The van der Waals surface area contributed by atoms with E-state index in [2.05, 4.69) is 20.3 Å². The van der Waals surface area contributed by atoms with Crippen LogP contribution in [0.3, 0.4) is 0 Å². The minimum atomic E-state index is -0.699. The second-order valence-electron chi connectivity index (χ2n) is 6.10. The lowest BCUT2D eigenvalue weighted by Gasteiger charge is -2.09. The Kier molecular flexibility index (Phi) is 4.67. The van der Waals surface area contributed by atoms with E-state index in [1.165, 1.54) is 6.20 Å². The molecule has 0 fully saturated rings. The average molecular weight is 375 g/mol. The number of hydrogen-bond donors (Lipinski definition) is 0. The second kappa shape index (κ2) is 7.43. The molecule has 3 heterocycles. The molecule has 0 N–H and O–H groups in total. The van der Waals surface area contributed by atoms with Gasteiger partial charge in [0.1, 0.15) is 5.56 Å². The van der Waals surface area contributed by atoms with E-state index >= 15 is 0 Å². The molecule has 8 nitrogen and oxygen atoms in total. The van der Waals surface area contributed by atoms with Gasteiger partial charge in [-0.1, -0.05) is 24.3 Å². The van der Waals surface area contributed by atoms with Crippen LogP contribution in [-0.4, -0.2) is 30.9 Å². The van der Waals surface area contributed by atoms with Crippen molar-refractivity contribution in [2.45, 2.75) is 20.0 Å². The normalized spacial score (nSPS) is 11.9. The fourth-order valence-corrected chi connectivity index (χ4v) is 2.69. The van der Waals surface area contributed by atoms with Gasteiger partial charge in [0.25, 0.3) is 5.89 Å². The quantitative estimate of drug-likeness (QED) is 0.492. The molecule has 0 saturated carbocycles. The molecule has 0 aliphatic rings. The number of rotatable bonds is 5. The van der Waals surface area contributed by atoms with E-state index in [9.17, 15) is 4.79 Å². The van der Waals surface area contributed by atoms with Crippen LogP contribution in [0, 0.1) is 6.92 Å². The van der Waals surface area contributed by atoms with Crippen molar-refractivity contribution in [1.29, 1.82) is 0 Å². The molecule has 8 heteroatoms. The number of ether oxygens (including phenoxy) is 1. The van der Waals surface area contributed by atoms with Crippen LogP contribution >= 0.6 is 0 Å². The summed E-state index contributed by atoms with van der Waals surface area (Å²) in [6.07, 6.45) is 2.42. The zero-order valence-electron chi connectivity index (χ0n) is 15.3. The van der Waals surface area contributed by atoms with Crippen molar-refractivity contribution < 1.29 is 13.9 Å². The van der Waals surface area contributed by atoms with Crippen molar-refractivity contribution in [2.24, 2.45) is 0 Å². The average Bonchev–Trinajstić information content (AvgIpc) is 3.36. The highest BCUT2D eigenvalue weighted by Gasteiger charge is 2.23. The van der Waals surface area contributed by atoms with Gasteiger partial charge < -0.3 is 9.15 Å². The van der Waals surface area contributed by atoms with Gasteiger partial charge >= 0.3 is 5.97 Å². The highest BCUT2D eigenvalue weighted by atomic mass is 16.6. The largest absolute Gasteiger partial charge is 0.449 e. The maximum atomic E-state index is 12.6. The molecule has 140 valence electrons. The standard InChI is InChI=1S/C20H17N5O3/c1-13-16(12-22-25(13)17-10-6-7-11-21-17)20(26)27-14(2)18-23-24-19(28-18)15-8-4-3-5-9-15/h3-12,14H,1-2H3. The van der Waals surface area contributed by atoms with Crippen LogP contribution in [0.5, 0.6) is 0 Å². The summed E-state index contributed by atoms with van der Waals surface area (Å²) in [5, 5.41) is 12.2. The molecular weight excluding hydrogens is 358 g/mol. The smallest absolute Gasteiger partial charge is 0.342 e. The maximum absolute atomic E-state index is 12.6. The first-order valence-corrected chi connectivity index (χ1v) is 8.69. The van der Waals surface area contributed by atoms with E-state index in [0.717, 1.165) is 5.56 Å². The van der Waals surface area contributed by atoms with E-state index in [1.807, 2.05) is 42.5 Å². The van der Waals surface area contributed by atoms with Crippen LogP contribution in [0.2, 0.25) is 0 Å². The molecule has 1 unspecified atom stereocenters. The SMILES string of the molecule is Cc1c(C(=O)OC(C)c2nnc(-c3ccccc3)o2)cnn1-c1ccccn1. The molecule has 0 spiro atoms. The minimum Gasteiger partial charge on any atom is -0.449 e. The Hall–Kier alpha value is -3.81. The lowest BCUT2D eigenvalue weighted by Crippen LogP contribution is -2.11. The molecule has 4 rings (SSSR count). The third-order valence-corrected chi connectivity index (χ3v) is 4.19. The highest BCUT2D eigenvalue weighted by molar-refractivity contribution is 5.90. The van der Waals surface area contributed by atoms with Gasteiger partial charge in [0.2, 0.25) is 5.89 Å². The molecule has 28 heavy (non-hydrogen) atoms. The number of esters is 1. The molecular formula is C20H17N5O3. The lowest BCUT2D eigenvalue weighted by molar-refractivity contribution is 0.0279. The Morgan fingerprint density at radius 1 is 1.11 bits per heavy atom. The van der Waals surface area contributed by atoms with Crippen LogP contribution in [0.15, 0.2) is 65.3 Å². The second-order valence-corrected chi connectivity index (χ2v) is 6.10. The monoisotopic (exact) mass is 375 g/mol. The molecule has 0 aliphatic heterocycles. The molecule has 0 aliphatic carbocycles. The number of carbonyl (C=O) groups is 1. The van der Waals surface area contributed by atoms with Gasteiger partial charge in [-0.2, -0.15) is 5.10 Å². The van der Waals surface area contributed by atoms with Crippen molar-refractivity contribution in [2.75, 3.05) is 0 Å². The van der Waals surface area contributed by atoms with Gasteiger partial charge in [0.05, 0.1) is 11.9 Å². The number of aromatic nitrogens is 5. The molecule has 0 saturated heterocycles. The topological polar surface area (TPSA) is 95.9 Å². The van der Waals surface area contributed by atoms with Crippen molar-refractivity contribution in [3.63, 3.8) is 0 Å². The first-order valence-electron chi connectivity index (χ1n) is 8.69. The van der Waals surface area contributed by atoms with E-state index in [0.29, 0.717) is 23.0 Å².